The Balaban J connectivity index is 1.30. The number of nitrogens with zero attached hydrogens (tertiary/aromatic N) is 2. The fraction of sp³-hybridized carbons (Fsp3) is 0.441. The maximum Gasteiger partial charge on any atom is 0.297 e. The largest absolute Gasteiger partial charge is 0.468 e. The molecule has 3 nitrogen and oxygen atoms in total. The molecule has 0 saturated carbocycles. The van der Waals surface area contributed by atoms with Crippen molar-refractivity contribution in [3.8, 4) is 11.1 Å². The summed E-state index contributed by atoms with van der Waals surface area (Å²) in [5, 5.41) is 1.17. The average molecular weight is 953 g/mol. The molecule has 4 aliphatic rings. The Kier molecular flexibility index (Phi) is 10.5. The first kappa shape index (κ1) is 48.8. The number of aryl methyl sites for hydroxylation is 2. The fourth-order valence-electron chi connectivity index (χ4n) is 13.4. The molecule has 2 aliphatic heterocycles. The van der Waals surface area contributed by atoms with E-state index in [0.717, 1.165) is 35.5 Å². The molecule has 6 aromatic carbocycles. The van der Waals surface area contributed by atoms with E-state index < -0.39 is 0 Å². The zero-order chi connectivity index (χ0) is 51.8. The van der Waals surface area contributed by atoms with Crippen molar-refractivity contribution in [2.75, 3.05) is 9.80 Å². The SMILES string of the molecule is Cc1cc2c3c(c1)N(c1ccc(C(C)(C)C)cc1)c1c(oc4ccc(C(C)(C)C)cc14)B3c1ccc3c(c1N2c1c(C)cc(C(C)(C)C)cc1-c1ccc2c(c1)C(C)(C)CCC2(C)C)C(C)(C)CCC3(C)C. The van der Waals surface area contributed by atoms with E-state index in [9.17, 15) is 0 Å². The van der Waals surface area contributed by atoms with Crippen LogP contribution in [0.4, 0.5) is 34.1 Å². The van der Waals surface area contributed by atoms with Crippen LogP contribution < -0.4 is 26.4 Å². The van der Waals surface area contributed by atoms with Gasteiger partial charge in [0.15, 0.2) is 0 Å². The maximum absolute atomic E-state index is 7.50. The van der Waals surface area contributed by atoms with Gasteiger partial charge in [-0.3, -0.25) is 0 Å². The Hall–Kier alpha value is -5.48. The highest BCUT2D eigenvalue weighted by Crippen LogP contribution is 2.57. The minimum absolute atomic E-state index is 0.00486. The Morgan fingerprint density at radius 2 is 1.04 bits per heavy atom. The molecule has 3 heterocycles. The highest BCUT2D eigenvalue weighted by molar-refractivity contribution is 7.00. The van der Waals surface area contributed by atoms with Crippen molar-refractivity contribution in [2.24, 2.45) is 0 Å². The van der Waals surface area contributed by atoms with Crippen LogP contribution in [0.15, 0.2) is 101 Å². The first-order valence-corrected chi connectivity index (χ1v) is 27.3. The van der Waals surface area contributed by atoms with Gasteiger partial charge in [-0.05, 0) is 186 Å². The molecule has 2 aliphatic carbocycles. The van der Waals surface area contributed by atoms with E-state index in [2.05, 4.69) is 238 Å². The lowest BCUT2D eigenvalue weighted by Crippen LogP contribution is -2.61. The molecule has 0 saturated heterocycles. The van der Waals surface area contributed by atoms with Gasteiger partial charge in [0.05, 0.1) is 17.0 Å². The van der Waals surface area contributed by atoms with E-state index in [1.54, 1.807) is 0 Å². The standard InChI is InChI=1S/C68H81BN2O/c1-40-34-53-57-54(35-40)71(58-41(2)36-45(64(9,10)11)39-47(58)42-20-26-49-51(37-42)67(16,17)31-30-65(49,12)13)60-52(28-27-50-56(60)68(18,19)33-32-66(50,14)15)69(57)61-59(48-38-44(63(6,7)8)23-29-55(48)72-61)70(53)46-24-21-43(22-25-46)62(3,4)5/h20-29,34-39H,30-33H2,1-19H3. The fourth-order valence-corrected chi connectivity index (χ4v) is 13.4. The second kappa shape index (κ2) is 15.5. The summed E-state index contributed by atoms with van der Waals surface area (Å²) >= 11 is 0. The summed E-state index contributed by atoms with van der Waals surface area (Å²) in [6.07, 6.45) is 4.63. The van der Waals surface area contributed by atoms with Gasteiger partial charge in [0.2, 0.25) is 0 Å². The second-order valence-corrected chi connectivity index (χ2v) is 28.6. The van der Waals surface area contributed by atoms with Crippen molar-refractivity contribution >= 4 is 68.4 Å². The lowest BCUT2D eigenvalue weighted by molar-refractivity contribution is 0.332. The number of rotatable bonds is 3. The van der Waals surface area contributed by atoms with Crippen LogP contribution in [0.5, 0.6) is 0 Å². The van der Waals surface area contributed by atoms with E-state index >= 15 is 0 Å². The van der Waals surface area contributed by atoms with Crippen molar-refractivity contribution < 1.29 is 4.42 Å². The summed E-state index contributed by atoms with van der Waals surface area (Å²) in [4.78, 5) is 5.36. The number of fused-ring (bicyclic) bond motifs is 9. The molecule has 0 bridgehead atoms. The Labute approximate surface area is 433 Å². The van der Waals surface area contributed by atoms with Gasteiger partial charge >= 0.3 is 0 Å². The molecule has 0 fully saturated rings. The van der Waals surface area contributed by atoms with Crippen LogP contribution in [-0.2, 0) is 37.9 Å². The number of anilines is 6. The molecular formula is C68H81BN2O. The number of furan rings is 1. The molecule has 11 rings (SSSR count). The first-order chi connectivity index (χ1) is 33.4. The van der Waals surface area contributed by atoms with Crippen molar-refractivity contribution in [1.29, 1.82) is 0 Å². The molecule has 4 heteroatoms. The quantitative estimate of drug-likeness (QED) is 0.165. The summed E-state index contributed by atoms with van der Waals surface area (Å²) in [5.41, 5.74) is 27.1. The van der Waals surface area contributed by atoms with E-state index in [4.69, 9.17) is 4.42 Å². The Morgan fingerprint density at radius 3 is 1.67 bits per heavy atom. The third-order valence-corrected chi connectivity index (χ3v) is 18.2. The molecular weight excluding hydrogens is 872 g/mol. The van der Waals surface area contributed by atoms with Gasteiger partial charge in [-0.25, -0.2) is 0 Å². The van der Waals surface area contributed by atoms with Crippen LogP contribution in [0.1, 0.15) is 193 Å². The van der Waals surface area contributed by atoms with E-state index in [1.165, 1.54) is 113 Å². The summed E-state index contributed by atoms with van der Waals surface area (Å²) in [6, 6.07) is 39.0. The zero-order valence-corrected chi connectivity index (χ0v) is 47.4. The van der Waals surface area contributed by atoms with E-state index in [0.29, 0.717) is 0 Å². The molecule has 1 aromatic heterocycles. The highest BCUT2D eigenvalue weighted by Gasteiger charge is 2.51. The van der Waals surface area contributed by atoms with Crippen molar-refractivity contribution in [3.05, 3.63) is 147 Å². The molecule has 0 atom stereocenters. The van der Waals surface area contributed by atoms with E-state index in [-0.39, 0.29) is 44.6 Å². The maximum atomic E-state index is 7.50. The summed E-state index contributed by atoms with van der Waals surface area (Å²) in [6.45, 7) is 45.4. The highest BCUT2D eigenvalue weighted by atomic mass is 16.3. The summed E-state index contributed by atoms with van der Waals surface area (Å²) in [7, 11) is 0. The predicted octanol–water partition coefficient (Wildman–Crippen LogP) is 17.4. The Morgan fingerprint density at radius 1 is 0.486 bits per heavy atom. The summed E-state index contributed by atoms with van der Waals surface area (Å²) in [5.74, 6) is 0. The molecule has 0 spiro atoms. The van der Waals surface area contributed by atoms with Crippen LogP contribution in [0, 0.1) is 13.8 Å². The predicted molar refractivity (Wildman–Crippen MR) is 312 cm³/mol. The first-order valence-electron chi connectivity index (χ1n) is 27.3. The average Bonchev–Trinajstić information content (AvgIpc) is 3.66. The third kappa shape index (κ3) is 7.40. The molecule has 72 heavy (non-hydrogen) atoms. The van der Waals surface area contributed by atoms with Crippen molar-refractivity contribution in [3.63, 3.8) is 0 Å². The van der Waals surface area contributed by atoms with Gasteiger partial charge < -0.3 is 14.2 Å². The second-order valence-electron chi connectivity index (χ2n) is 28.6. The molecule has 0 N–H and O–H groups in total. The lowest BCUT2D eigenvalue weighted by Gasteiger charge is -2.49. The van der Waals surface area contributed by atoms with E-state index in [1.807, 2.05) is 0 Å². The van der Waals surface area contributed by atoms with Gasteiger partial charge in [0.25, 0.3) is 6.71 Å². The molecule has 372 valence electrons. The molecule has 0 amide bonds. The van der Waals surface area contributed by atoms with Gasteiger partial charge in [-0.1, -0.05) is 172 Å². The lowest BCUT2D eigenvalue weighted by atomic mass is 9.35. The van der Waals surface area contributed by atoms with Crippen LogP contribution >= 0.6 is 0 Å². The monoisotopic (exact) mass is 953 g/mol. The van der Waals surface area contributed by atoms with Gasteiger partial charge in [-0.2, -0.15) is 0 Å². The van der Waals surface area contributed by atoms with Gasteiger partial charge in [0, 0.05) is 33.7 Å². The molecule has 7 aromatic rings. The Bertz CT molecular complexity index is 3390. The smallest absolute Gasteiger partial charge is 0.297 e. The van der Waals surface area contributed by atoms with Crippen molar-refractivity contribution in [1.82, 2.24) is 0 Å². The molecule has 0 radical (unpaired) electrons. The minimum Gasteiger partial charge on any atom is -0.468 e. The minimum atomic E-state index is -0.136. The van der Waals surface area contributed by atoms with Gasteiger partial charge in [-0.15, -0.1) is 0 Å². The van der Waals surface area contributed by atoms with Crippen molar-refractivity contribution in [2.45, 2.75) is 195 Å². The summed E-state index contributed by atoms with van der Waals surface area (Å²) < 4.78 is 7.50. The zero-order valence-electron chi connectivity index (χ0n) is 47.4. The normalized spacial score (nSPS) is 18.3. The van der Waals surface area contributed by atoms with Gasteiger partial charge in [0.1, 0.15) is 5.58 Å². The molecule has 0 unspecified atom stereocenters. The number of benzene rings is 6. The topological polar surface area (TPSA) is 19.6 Å². The number of hydrogen-bond acceptors (Lipinski definition) is 3. The van der Waals surface area contributed by atoms with Crippen LogP contribution in [-0.4, -0.2) is 6.71 Å². The van der Waals surface area contributed by atoms with Crippen LogP contribution in [0.25, 0.3) is 22.1 Å². The number of hydrogen-bond donors (Lipinski definition) is 0. The van der Waals surface area contributed by atoms with Crippen LogP contribution in [0.2, 0.25) is 0 Å². The van der Waals surface area contributed by atoms with Crippen LogP contribution in [0.3, 0.4) is 0 Å². The third-order valence-electron chi connectivity index (χ3n) is 18.2.